The fraction of sp³-hybridized carbons (Fsp3) is 0.158. The normalized spacial score (nSPS) is 11.7. The maximum Gasteiger partial charge on any atom is 0.303 e. The average molecular weight is 323 g/mol. The van der Waals surface area contributed by atoms with Crippen molar-refractivity contribution in [3.63, 3.8) is 0 Å². The molecule has 0 spiro atoms. The van der Waals surface area contributed by atoms with Crippen molar-refractivity contribution in [2.24, 2.45) is 0 Å². The van der Waals surface area contributed by atoms with Gasteiger partial charge in [0.1, 0.15) is 5.01 Å². The van der Waals surface area contributed by atoms with Crippen molar-refractivity contribution in [2.75, 3.05) is 0 Å². The number of aromatic nitrogens is 1. The number of nitrogens with zero attached hydrogens (tertiary/aromatic N) is 1. The molecule has 116 valence electrons. The van der Waals surface area contributed by atoms with Crippen LogP contribution >= 0.6 is 11.3 Å². The van der Waals surface area contributed by atoms with Crippen molar-refractivity contribution in [3.05, 3.63) is 65.2 Å². The van der Waals surface area contributed by atoms with E-state index in [1.807, 2.05) is 48.5 Å². The fourth-order valence-electron chi connectivity index (χ4n) is 2.43. The molecule has 0 aliphatic rings. The van der Waals surface area contributed by atoms with Crippen LogP contribution in [0.4, 0.5) is 0 Å². The molecule has 0 aliphatic carbocycles. The van der Waals surface area contributed by atoms with Crippen LogP contribution in [0.5, 0.6) is 0 Å². The van der Waals surface area contributed by atoms with Gasteiger partial charge in [-0.2, -0.15) is 0 Å². The standard InChI is InChI=1S/C19H17NO2S/c21-18(22)12-6-9-15(13-14-7-2-1-3-8-14)19-20-16-10-4-5-11-17(16)23-19/h1-5,7-8,10-11,13H,6,9,12H2,(H,21,22)/b15-13+. The summed E-state index contributed by atoms with van der Waals surface area (Å²) in [6.07, 6.45) is 3.61. The Morgan fingerprint density at radius 2 is 1.78 bits per heavy atom. The predicted molar refractivity (Wildman–Crippen MR) is 95.4 cm³/mol. The van der Waals surface area contributed by atoms with E-state index in [0.29, 0.717) is 12.8 Å². The van der Waals surface area contributed by atoms with Gasteiger partial charge >= 0.3 is 5.97 Å². The summed E-state index contributed by atoms with van der Waals surface area (Å²) in [5.74, 6) is -0.756. The van der Waals surface area contributed by atoms with Gasteiger partial charge in [-0.15, -0.1) is 11.3 Å². The van der Waals surface area contributed by atoms with E-state index in [1.165, 1.54) is 0 Å². The molecule has 1 aromatic heterocycles. The first-order valence-corrected chi connectivity index (χ1v) is 8.37. The van der Waals surface area contributed by atoms with Crippen LogP contribution in [0.15, 0.2) is 54.6 Å². The van der Waals surface area contributed by atoms with E-state index in [4.69, 9.17) is 10.1 Å². The summed E-state index contributed by atoms with van der Waals surface area (Å²) in [4.78, 5) is 15.5. The Balaban J connectivity index is 1.93. The molecule has 3 rings (SSSR count). The zero-order valence-corrected chi connectivity index (χ0v) is 13.4. The molecule has 0 saturated carbocycles. The monoisotopic (exact) mass is 323 g/mol. The maximum absolute atomic E-state index is 10.8. The summed E-state index contributed by atoms with van der Waals surface area (Å²) in [5, 5.41) is 9.84. The third-order valence-corrected chi connectivity index (χ3v) is 4.66. The highest BCUT2D eigenvalue weighted by atomic mass is 32.1. The number of rotatable bonds is 6. The molecule has 0 unspecified atom stereocenters. The lowest BCUT2D eigenvalue weighted by atomic mass is 10.1. The van der Waals surface area contributed by atoms with E-state index >= 15 is 0 Å². The van der Waals surface area contributed by atoms with Crippen molar-refractivity contribution >= 4 is 39.2 Å². The van der Waals surface area contributed by atoms with Gasteiger partial charge in [-0.1, -0.05) is 42.5 Å². The number of carboxylic acids is 1. The summed E-state index contributed by atoms with van der Waals surface area (Å²) in [7, 11) is 0. The third-order valence-electron chi connectivity index (χ3n) is 3.55. The minimum Gasteiger partial charge on any atom is -0.481 e. The van der Waals surface area contributed by atoms with Gasteiger partial charge in [0, 0.05) is 6.42 Å². The largest absolute Gasteiger partial charge is 0.481 e. The highest BCUT2D eigenvalue weighted by molar-refractivity contribution is 7.19. The van der Waals surface area contributed by atoms with Crippen molar-refractivity contribution in [3.8, 4) is 0 Å². The number of allylic oxidation sites excluding steroid dienone is 1. The molecule has 2 aromatic carbocycles. The Morgan fingerprint density at radius 3 is 2.52 bits per heavy atom. The van der Waals surface area contributed by atoms with Crippen LogP contribution in [0, 0.1) is 0 Å². The number of carboxylic acid groups (broad SMARTS) is 1. The quantitative estimate of drug-likeness (QED) is 0.687. The molecule has 1 N–H and O–H groups in total. The van der Waals surface area contributed by atoms with E-state index < -0.39 is 5.97 Å². The van der Waals surface area contributed by atoms with Crippen LogP contribution in [0.2, 0.25) is 0 Å². The van der Waals surface area contributed by atoms with Crippen LogP contribution in [0.1, 0.15) is 29.8 Å². The third kappa shape index (κ3) is 4.05. The molecule has 23 heavy (non-hydrogen) atoms. The number of fused-ring (bicyclic) bond motifs is 1. The number of hydrogen-bond acceptors (Lipinski definition) is 3. The minimum absolute atomic E-state index is 0.178. The van der Waals surface area contributed by atoms with E-state index in [9.17, 15) is 4.79 Å². The number of carbonyl (C=O) groups is 1. The molecule has 0 bridgehead atoms. The van der Waals surface area contributed by atoms with E-state index in [0.717, 1.165) is 26.4 Å². The smallest absolute Gasteiger partial charge is 0.303 e. The minimum atomic E-state index is -0.756. The van der Waals surface area contributed by atoms with Crippen LogP contribution < -0.4 is 0 Å². The zero-order chi connectivity index (χ0) is 16.1. The first-order valence-electron chi connectivity index (χ1n) is 7.56. The number of thiazole rings is 1. The summed E-state index contributed by atoms with van der Waals surface area (Å²) in [6.45, 7) is 0. The second-order valence-corrected chi connectivity index (χ2v) is 6.34. The van der Waals surface area contributed by atoms with Crippen LogP contribution in [-0.2, 0) is 4.79 Å². The maximum atomic E-state index is 10.8. The van der Waals surface area contributed by atoms with Crippen LogP contribution in [0.3, 0.4) is 0 Å². The average Bonchev–Trinajstić information content (AvgIpc) is 2.98. The molecular weight excluding hydrogens is 306 g/mol. The zero-order valence-electron chi connectivity index (χ0n) is 12.6. The van der Waals surface area contributed by atoms with Gasteiger partial charge in [0.25, 0.3) is 0 Å². The lowest BCUT2D eigenvalue weighted by Crippen LogP contribution is -1.94. The summed E-state index contributed by atoms with van der Waals surface area (Å²) >= 11 is 1.66. The SMILES string of the molecule is O=C(O)CCC/C(=C\c1ccccc1)c1nc2ccccc2s1. The van der Waals surface area contributed by atoms with Crippen molar-refractivity contribution < 1.29 is 9.90 Å². The molecule has 0 radical (unpaired) electrons. The van der Waals surface area contributed by atoms with Crippen LogP contribution in [0.25, 0.3) is 21.9 Å². The van der Waals surface area contributed by atoms with E-state index in [1.54, 1.807) is 11.3 Å². The summed E-state index contributed by atoms with van der Waals surface area (Å²) < 4.78 is 1.15. The van der Waals surface area contributed by atoms with Gasteiger partial charge in [-0.05, 0) is 42.2 Å². The molecular formula is C19H17NO2S. The van der Waals surface area contributed by atoms with Crippen molar-refractivity contribution in [1.29, 1.82) is 0 Å². The van der Waals surface area contributed by atoms with Gasteiger partial charge in [0.15, 0.2) is 0 Å². The van der Waals surface area contributed by atoms with Gasteiger partial charge in [0.2, 0.25) is 0 Å². The Morgan fingerprint density at radius 1 is 1.04 bits per heavy atom. The highest BCUT2D eigenvalue weighted by Gasteiger charge is 2.10. The van der Waals surface area contributed by atoms with Crippen molar-refractivity contribution in [2.45, 2.75) is 19.3 Å². The highest BCUT2D eigenvalue weighted by Crippen LogP contribution is 2.31. The molecule has 1 heterocycles. The topological polar surface area (TPSA) is 50.2 Å². The fourth-order valence-corrected chi connectivity index (χ4v) is 3.44. The second-order valence-electron chi connectivity index (χ2n) is 5.31. The lowest BCUT2D eigenvalue weighted by Gasteiger charge is -2.04. The summed E-state index contributed by atoms with van der Waals surface area (Å²) in [5.41, 5.74) is 3.19. The molecule has 0 saturated heterocycles. The van der Waals surface area contributed by atoms with Gasteiger partial charge in [0.05, 0.1) is 10.2 Å². The van der Waals surface area contributed by atoms with E-state index in [2.05, 4.69) is 12.1 Å². The number of para-hydroxylation sites is 1. The number of benzene rings is 2. The molecule has 0 amide bonds. The predicted octanol–water partition coefficient (Wildman–Crippen LogP) is 5.09. The Labute approximate surface area is 138 Å². The number of aliphatic carboxylic acids is 1. The van der Waals surface area contributed by atoms with Gasteiger partial charge in [-0.3, -0.25) is 4.79 Å². The Bertz CT molecular complexity index is 804. The second kappa shape index (κ2) is 7.20. The molecule has 0 atom stereocenters. The van der Waals surface area contributed by atoms with Crippen LogP contribution in [-0.4, -0.2) is 16.1 Å². The summed E-state index contributed by atoms with van der Waals surface area (Å²) in [6, 6.07) is 18.1. The van der Waals surface area contributed by atoms with Gasteiger partial charge in [-0.25, -0.2) is 4.98 Å². The Hall–Kier alpha value is -2.46. The Kier molecular flexibility index (Phi) is 4.83. The number of hydrogen-bond donors (Lipinski definition) is 1. The molecule has 0 fully saturated rings. The first kappa shape index (κ1) is 15.4. The molecule has 3 aromatic rings. The van der Waals surface area contributed by atoms with Crippen molar-refractivity contribution in [1.82, 2.24) is 4.98 Å². The lowest BCUT2D eigenvalue weighted by molar-refractivity contribution is -0.137. The van der Waals surface area contributed by atoms with E-state index in [-0.39, 0.29) is 6.42 Å². The molecule has 0 aliphatic heterocycles. The first-order chi connectivity index (χ1) is 11.2. The molecule has 3 nitrogen and oxygen atoms in total. The van der Waals surface area contributed by atoms with Gasteiger partial charge < -0.3 is 5.11 Å². The molecule has 4 heteroatoms.